The monoisotopic (exact) mass is 616 g/mol. The van der Waals surface area contributed by atoms with Gasteiger partial charge in [0.25, 0.3) is 0 Å². The zero-order valence-electron chi connectivity index (χ0n) is 26.4. The summed E-state index contributed by atoms with van der Waals surface area (Å²) in [5, 5.41) is 15.0. The van der Waals surface area contributed by atoms with Gasteiger partial charge in [-0.05, 0) is 64.7 Å². The lowest BCUT2D eigenvalue weighted by Gasteiger charge is -2.20. The van der Waals surface area contributed by atoms with Gasteiger partial charge in [-0.1, -0.05) is 119 Å². The second-order valence-electron chi connectivity index (χ2n) is 12.4. The van der Waals surface area contributed by atoms with Crippen LogP contribution in [0.4, 0.5) is 0 Å². The van der Waals surface area contributed by atoms with Gasteiger partial charge in [0.15, 0.2) is 0 Å². The van der Waals surface area contributed by atoms with Gasteiger partial charge in [-0.25, -0.2) is 0 Å². The number of phenols is 1. The molecule has 0 spiro atoms. The van der Waals surface area contributed by atoms with Crippen LogP contribution in [-0.2, 0) is 0 Å². The molecule has 0 unspecified atom stereocenters. The second kappa shape index (κ2) is 11.1. The minimum atomic E-state index is -0.296. The predicted molar refractivity (Wildman–Crippen MR) is 209 cm³/mol. The maximum atomic E-state index is 10.3. The molecule has 0 amide bonds. The van der Waals surface area contributed by atoms with Crippen molar-refractivity contribution in [1.29, 1.82) is 0 Å². The Morgan fingerprint density at radius 3 is 1.73 bits per heavy atom. The summed E-state index contributed by atoms with van der Waals surface area (Å²) in [6.07, 6.45) is 0. The molecule has 1 N–H and O–H groups in total. The third-order valence-corrected chi connectivity index (χ3v) is 9.72. The summed E-state index contributed by atoms with van der Waals surface area (Å²) in [5.74, 6) is -0.296. The molecule has 7 heteroatoms. The zero-order valence-corrected chi connectivity index (χ0v) is 26.4. The topological polar surface area (TPSA) is 30.1 Å². The van der Waals surface area contributed by atoms with Gasteiger partial charge in [0.2, 0.25) is 0 Å². The summed E-state index contributed by atoms with van der Waals surface area (Å²) >= 11 is 0. The molecule has 0 fully saturated rings. The van der Waals surface area contributed by atoms with E-state index in [0.717, 1.165) is 44.6 Å². The summed E-state index contributed by atoms with van der Waals surface area (Å²) in [6.45, 7) is 0. The standard InChI is InChI=1S/C42H24B4N2O/c43-37-35(38(44)40(46)42(49)39(37)45)25-17-19-27(20-18-25)48-32-15-6-4-13-29(32)30-21-22-34-36(41(30)48)31-14-5-7-16-33(31)47(34)28-12-8-11-26(23-28)24-9-2-1-3-10-24/h1-23,49H. The van der Waals surface area contributed by atoms with Crippen molar-refractivity contribution in [2.24, 2.45) is 0 Å². The number of fused-ring (bicyclic) bond motifs is 7. The number of para-hydroxylation sites is 2. The quantitative estimate of drug-likeness (QED) is 0.239. The Balaban J connectivity index is 1.32. The van der Waals surface area contributed by atoms with Crippen molar-refractivity contribution in [3.05, 3.63) is 140 Å². The molecule has 49 heavy (non-hydrogen) atoms. The number of aromatic nitrogens is 2. The SMILES string of the molecule is [B]c1c([B])c(-c2ccc(-n3c4ccccc4c4ccc5c(c6ccccc6n5-c5cccc(-c6ccccc6)c5)c43)cc2)c([B])c([B])c1O. The summed E-state index contributed by atoms with van der Waals surface area (Å²) < 4.78 is 4.70. The molecule has 9 aromatic rings. The molecular weight excluding hydrogens is 592 g/mol. The van der Waals surface area contributed by atoms with Crippen LogP contribution >= 0.6 is 0 Å². The molecule has 2 aromatic heterocycles. The highest BCUT2D eigenvalue weighted by atomic mass is 16.3. The van der Waals surface area contributed by atoms with E-state index in [1.165, 1.54) is 27.1 Å². The number of benzene rings is 7. The van der Waals surface area contributed by atoms with Gasteiger partial charge < -0.3 is 14.2 Å². The number of hydrogen-bond acceptors (Lipinski definition) is 1. The van der Waals surface area contributed by atoms with Crippen LogP contribution in [0.15, 0.2) is 140 Å². The first kappa shape index (κ1) is 29.3. The van der Waals surface area contributed by atoms with Crippen LogP contribution in [0.2, 0.25) is 0 Å². The Morgan fingerprint density at radius 1 is 0.408 bits per heavy atom. The molecule has 0 bridgehead atoms. The highest BCUT2D eigenvalue weighted by molar-refractivity contribution is 6.61. The molecule has 0 aliphatic heterocycles. The van der Waals surface area contributed by atoms with Crippen molar-refractivity contribution >= 4 is 96.8 Å². The number of nitrogens with zero attached hydrogens (tertiary/aromatic N) is 2. The van der Waals surface area contributed by atoms with Crippen LogP contribution in [0.1, 0.15) is 0 Å². The van der Waals surface area contributed by atoms with Crippen LogP contribution in [0, 0.1) is 0 Å². The lowest BCUT2D eigenvalue weighted by atomic mass is 9.65. The van der Waals surface area contributed by atoms with Gasteiger partial charge in [-0.3, -0.25) is 0 Å². The first-order chi connectivity index (χ1) is 23.9. The summed E-state index contributed by atoms with van der Waals surface area (Å²) in [5.41, 5.74) is 10.6. The molecule has 0 aliphatic rings. The maximum absolute atomic E-state index is 10.3. The average molecular weight is 616 g/mol. The van der Waals surface area contributed by atoms with Gasteiger partial charge >= 0.3 is 0 Å². The summed E-state index contributed by atoms with van der Waals surface area (Å²) in [4.78, 5) is 0. The van der Waals surface area contributed by atoms with Crippen molar-refractivity contribution in [2.75, 3.05) is 0 Å². The largest absolute Gasteiger partial charge is 0.509 e. The number of phenolic OH excluding ortho intramolecular Hbond substituents is 1. The number of hydrogen-bond donors (Lipinski definition) is 1. The van der Waals surface area contributed by atoms with Crippen LogP contribution in [-0.4, -0.2) is 45.6 Å². The molecular formula is C42H24B4N2O. The van der Waals surface area contributed by atoms with Crippen molar-refractivity contribution in [3.8, 4) is 39.4 Å². The van der Waals surface area contributed by atoms with E-state index in [0.29, 0.717) is 5.56 Å². The van der Waals surface area contributed by atoms with Gasteiger partial charge in [-0.15, -0.1) is 0 Å². The number of rotatable bonds is 4. The molecule has 220 valence electrons. The van der Waals surface area contributed by atoms with Crippen LogP contribution < -0.4 is 21.9 Å². The molecule has 9 rings (SSSR count). The normalized spacial score (nSPS) is 11.7. The van der Waals surface area contributed by atoms with E-state index in [2.05, 4.69) is 130 Å². The molecule has 0 aliphatic carbocycles. The molecule has 0 saturated carbocycles. The predicted octanol–water partition coefficient (Wildman–Crippen LogP) is 6.10. The summed E-state index contributed by atoms with van der Waals surface area (Å²) in [6, 6.07) is 48.9. The molecule has 8 radical (unpaired) electrons. The van der Waals surface area contributed by atoms with Gasteiger partial charge in [0.05, 0.1) is 27.8 Å². The van der Waals surface area contributed by atoms with E-state index in [4.69, 9.17) is 31.4 Å². The average Bonchev–Trinajstić information content (AvgIpc) is 3.67. The van der Waals surface area contributed by atoms with E-state index in [-0.39, 0.29) is 27.6 Å². The minimum absolute atomic E-state index is 0.0151. The Labute approximate surface area is 289 Å². The fourth-order valence-electron chi connectivity index (χ4n) is 7.41. The van der Waals surface area contributed by atoms with Gasteiger partial charge in [-0.2, -0.15) is 0 Å². The van der Waals surface area contributed by atoms with Crippen LogP contribution in [0.5, 0.6) is 5.75 Å². The van der Waals surface area contributed by atoms with E-state index in [1.807, 2.05) is 18.2 Å². The fraction of sp³-hybridized carbons (Fsp3) is 0. The Hall–Kier alpha value is -5.80. The zero-order chi connectivity index (χ0) is 33.4. The molecule has 2 heterocycles. The first-order valence-corrected chi connectivity index (χ1v) is 16.1. The molecule has 0 saturated heterocycles. The van der Waals surface area contributed by atoms with E-state index >= 15 is 0 Å². The van der Waals surface area contributed by atoms with Crippen molar-refractivity contribution in [3.63, 3.8) is 0 Å². The van der Waals surface area contributed by atoms with Crippen molar-refractivity contribution in [1.82, 2.24) is 9.13 Å². The maximum Gasteiger partial charge on any atom is 0.118 e. The van der Waals surface area contributed by atoms with Gasteiger partial charge in [0.1, 0.15) is 31.4 Å². The summed E-state index contributed by atoms with van der Waals surface area (Å²) in [7, 11) is 24.9. The van der Waals surface area contributed by atoms with Gasteiger partial charge in [0, 0.05) is 32.9 Å². The van der Waals surface area contributed by atoms with Crippen LogP contribution in [0.3, 0.4) is 0 Å². The van der Waals surface area contributed by atoms with E-state index in [9.17, 15) is 5.11 Å². The smallest absolute Gasteiger partial charge is 0.118 e. The second-order valence-corrected chi connectivity index (χ2v) is 12.4. The molecule has 3 nitrogen and oxygen atoms in total. The lowest BCUT2D eigenvalue weighted by Crippen LogP contribution is -2.42. The number of aromatic hydroxyl groups is 1. The van der Waals surface area contributed by atoms with E-state index < -0.39 is 0 Å². The fourth-order valence-corrected chi connectivity index (χ4v) is 7.41. The van der Waals surface area contributed by atoms with Crippen LogP contribution in [0.25, 0.3) is 77.2 Å². The third kappa shape index (κ3) is 4.35. The molecule has 0 atom stereocenters. The Bertz CT molecular complexity index is 2740. The van der Waals surface area contributed by atoms with Crippen molar-refractivity contribution in [2.45, 2.75) is 0 Å². The lowest BCUT2D eigenvalue weighted by molar-refractivity contribution is 0.484. The van der Waals surface area contributed by atoms with E-state index in [1.54, 1.807) is 0 Å². The molecule has 7 aromatic carbocycles. The minimum Gasteiger partial charge on any atom is -0.509 e. The highest BCUT2D eigenvalue weighted by Gasteiger charge is 2.21. The Morgan fingerprint density at radius 2 is 1.02 bits per heavy atom. The highest BCUT2D eigenvalue weighted by Crippen LogP contribution is 2.42. The Kier molecular flexibility index (Phi) is 6.67. The van der Waals surface area contributed by atoms with Crippen molar-refractivity contribution < 1.29 is 5.11 Å². The first-order valence-electron chi connectivity index (χ1n) is 16.1. The third-order valence-electron chi connectivity index (χ3n) is 9.72.